The average Bonchev–Trinajstić information content (AvgIpc) is 2.27. The predicted molar refractivity (Wildman–Crippen MR) is 60.8 cm³/mol. The van der Waals surface area contributed by atoms with Gasteiger partial charge < -0.3 is 0 Å². The molecule has 16 heavy (non-hydrogen) atoms. The molecule has 0 atom stereocenters. The second kappa shape index (κ2) is 4.18. The summed E-state index contributed by atoms with van der Waals surface area (Å²) in [6.07, 6.45) is 1.78. The van der Waals surface area contributed by atoms with E-state index in [-0.39, 0.29) is 6.42 Å². The van der Waals surface area contributed by atoms with Gasteiger partial charge in [-0.3, -0.25) is 4.98 Å². The Hall–Kier alpha value is -2.10. The first-order valence-corrected chi connectivity index (χ1v) is 4.97. The number of aromatic nitrogens is 1. The van der Waals surface area contributed by atoms with Gasteiger partial charge in [0.15, 0.2) is 0 Å². The normalized spacial score (nSPS) is 9.69. The fourth-order valence-electron chi connectivity index (χ4n) is 1.56. The van der Waals surface area contributed by atoms with Crippen molar-refractivity contribution >= 4 is 22.5 Å². The molecular formula is C12H6ClN3. The minimum atomic E-state index is 0.275. The van der Waals surface area contributed by atoms with E-state index >= 15 is 0 Å². The van der Waals surface area contributed by atoms with Crippen LogP contribution in [0, 0.1) is 22.7 Å². The molecule has 2 rings (SSSR count). The zero-order valence-corrected chi connectivity index (χ0v) is 8.99. The van der Waals surface area contributed by atoms with Crippen LogP contribution in [0.4, 0.5) is 0 Å². The van der Waals surface area contributed by atoms with Gasteiger partial charge in [0.2, 0.25) is 0 Å². The minimum absolute atomic E-state index is 0.275. The van der Waals surface area contributed by atoms with Gasteiger partial charge in [-0.25, -0.2) is 0 Å². The lowest BCUT2D eigenvalue weighted by Crippen LogP contribution is -1.89. The Labute approximate surface area is 97.5 Å². The molecular weight excluding hydrogens is 222 g/mol. The highest BCUT2D eigenvalue weighted by Crippen LogP contribution is 2.22. The molecule has 2 aromatic rings. The molecule has 0 amide bonds. The van der Waals surface area contributed by atoms with Gasteiger partial charge in [0.1, 0.15) is 6.07 Å². The predicted octanol–water partition coefficient (Wildman–Crippen LogP) is 2.83. The zero-order chi connectivity index (χ0) is 11.5. The van der Waals surface area contributed by atoms with Gasteiger partial charge in [-0.1, -0.05) is 11.6 Å². The van der Waals surface area contributed by atoms with Crippen LogP contribution in [0.2, 0.25) is 5.02 Å². The highest BCUT2D eigenvalue weighted by atomic mass is 35.5. The summed E-state index contributed by atoms with van der Waals surface area (Å²) in [5, 5.41) is 18.9. The lowest BCUT2D eigenvalue weighted by Gasteiger charge is -2.02. The summed E-state index contributed by atoms with van der Waals surface area (Å²) >= 11 is 5.83. The largest absolute Gasteiger partial charge is 0.253 e. The van der Waals surface area contributed by atoms with Crippen molar-refractivity contribution in [3.8, 4) is 12.1 Å². The number of benzene rings is 1. The molecule has 1 aromatic heterocycles. The van der Waals surface area contributed by atoms with Gasteiger partial charge in [0, 0.05) is 11.6 Å². The summed E-state index contributed by atoms with van der Waals surface area (Å²) in [5.74, 6) is 0. The molecule has 0 unspecified atom stereocenters. The molecule has 0 saturated carbocycles. The van der Waals surface area contributed by atoms with Crippen molar-refractivity contribution in [2.24, 2.45) is 0 Å². The van der Waals surface area contributed by atoms with E-state index in [1.807, 2.05) is 6.07 Å². The van der Waals surface area contributed by atoms with Crippen molar-refractivity contribution in [1.29, 1.82) is 10.5 Å². The zero-order valence-electron chi connectivity index (χ0n) is 8.24. The third kappa shape index (κ3) is 1.82. The van der Waals surface area contributed by atoms with Gasteiger partial charge in [-0.2, -0.15) is 10.5 Å². The second-order valence-electron chi connectivity index (χ2n) is 3.32. The molecule has 3 nitrogen and oxygen atoms in total. The molecule has 0 saturated heterocycles. The Bertz CT molecular complexity index is 635. The smallest absolute Gasteiger partial charge is 0.101 e. The minimum Gasteiger partial charge on any atom is -0.253 e. The molecule has 0 N–H and O–H groups in total. The summed E-state index contributed by atoms with van der Waals surface area (Å²) in [7, 11) is 0. The van der Waals surface area contributed by atoms with Gasteiger partial charge in [0.25, 0.3) is 0 Å². The third-order valence-electron chi connectivity index (χ3n) is 2.21. The molecule has 4 heteroatoms. The molecule has 0 radical (unpaired) electrons. The van der Waals surface area contributed by atoms with Crippen LogP contribution in [0.15, 0.2) is 24.4 Å². The average molecular weight is 228 g/mol. The molecule has 1 heterocycles. The van der Waals surface area contributed by atoms with E-state index in [2.05, 4.69) is 17.1 Å². The second-order valence-corrected chi connectivity index (χ2v) is 3.75. The number of fused-ring (bicyclic) bond motifs is 1. The van der Waals surface area contributed by atoms with Crippen molar-refractivity contribution < 1.29 is 0 Å². The standard InChI is InChI=1S/C12H6ClN3/c13-11-5-9-3-8(1-2-14)4-10(6-15)12(9)16-7-11/h3-5,7H,1H2. The van der Waals surface area contributed by atoms with Crippen molar-refractivity contribution in [2.45, 2.75) is 6.42 Å². The van der Waals surface area contributed by atoms with Crippen molar-refractivity contribution in [3.05, 3.63) is 40.5 Å². The lowest BCUT2D eigenvalue weighted by molar-refractivity contribution is 1.26. The lowest BCUT2D eigenvalue weighted by atomic mass is 10.0. The Morgan fingerprint density at radius 1 is 1.25 bits per heavy atom. The topological polar surface area (TPSA) is 60.5 Å². The molecule has 0 spiro atoms. The Morgan fingerprint density at radius 2 is 2.06 bits per heavy atom. The number of nitrogens with zero attached hydrogens (tertiary/aromatic N) is 3. The van der Waals surface area contributed by atoms with Crippen LogP contribution in [0.1, 0.15) is 11.1 Å². The van der Waals surface area contributed by atoms with Crippen molar-refractivity contribution in [2.75, 3.05) is 0 Å². The number of hydrogen-bond acceptors (Lipinski definition) is 3. The molecule has 0 fully saturated rings. The van der Waals surface area contributed by atoms with E-state index < -0.39 is 0 Å². The van der Waals surface area contributed by atoms with E-state index in [1.54, 1.807) is 12.1 Å². The van der Waals surface area contributed by atoms with Gasteiger partial charge in [-0.15, -0.1) is 0 Å². The quantitative estimate of drug-likeness (QED) is 0.753. The van der Waals surface area contributed by atoms with E-state index in [0.29, 0.717) is 16.1 Å². The summed E-state index contributed by atoms with van der Waals surface area (Å²) in [6, 6.07) is 9.39. The number of nitriles is 2. The van der Waals surface area contributed by atoms with Crippen molar-refractivity contribution in [3.63, 3.8) is 0 Å². The molecule has 76 valence electrons. The third-order valence-corrected chi connectivity index (χ3v) is 2.42. The summed E-state index contributed by atoms with van der Waals surface area (Å²) in [4.78, 5) is 4.12. The summed E-state index contributed by atoms with van der Waals surface area (Å²) in [5.41, 5.74) is 1.89. The maximum atomic E-state index is 8.99. The molecule has 0 aliphatic rings. The van der Waals surface area contributed by atoms with Crippen LogP contribution in [0.3, 0.4) is 0 Å². The Balaban J connectivity index is 2.76. The first-order chi connectivity index (χ1) is 7.74. The van der Waals surface area contributed by atoms with E-state index in [4.69, 9.17) is 22.1 Å². The first kappa shape index (κ1) is 10.4. The maximum Gasteiger partial charge on any atom is 0.101 e. The molecule has 1 aromatic carbocycles. The van der Waals surface area contributed by atoms with E-state index in [9.17, 15) is 0 Å². The fraction of sp³-hybridized carbons (Fsp3) is 0.0833. The number of rotatable bonds is 1. The van der Waals surface area contributed by atoms with Crippen LogP contribution >= 0.6 is 11.6 Å². The van der Waals surface area contributed by atoms with Crippen molar-refractivity contribution in [1.82, 2.24) is 4.98 Å². The summed E-state index contributed by atoms with van der Waals surface area (Å²) in [6.45, 7) is 0. The van der Waals surface area contributed by atoms with Crippen LogP contribution in [-0.2, 0) is 6.42 Å². The fourth-order valence-corrected chi connectivity index (χ4v) is 1.73. The van der Waals surface area contributed by atoms with Crippen LogP contribution in [0.25, 0.3) is 10.9 Å². The monoisotopic (exact) mass is 227 g/mol. The Morgan fingerprint density at radius 3 is 2.75 bits per heavy atom. The number of pyridine rings is 1. The van der Waals surface area contributed by atoms with Gasteiger partial charge >= 0.3 is 0 Å². The highest BCUT2D eigenvalue weighted by Gasteiger charge is 2.05. The number of hydrogen-bond donors (Lipinski definition) is 0. The first-order valence-electron chi connectivity index (χ1n) is 4.60. The Kier molecular flexibility index (Phi) is 2.72. The van der Waals surface area contributed by atoms with Crippen LogP contribution in [-0.4, -0.2) is 4.98 Å². The van der Waals surface area contributed by atoms with Gasteiger partial charge in [-0.05, 0) is 23.8 Å². The van der Waals surface area contributed by atoms with E-state index in [0.717, 1.165) is 10.9 Å². The maximum absolute atomic E-state index is 8.99. The molecule has 0 aliphatic carbocycles. The summed E-state index contributed by atoms with van der Waals surface area (Å²) < 4.78 is 0. The highest BCUT2D eigenvalue weighted by molar-refractivity contribution is 6.31. The van der Waals surface area contributed by atoms with Gasteiger partial charge in [0.05, 0.1) is 28.6 Å². The molecule has 0 bridgehead atoms. The molecule has 0 aliphatic heterocycles. The van der Waals surface area contributed by atoms with Crippen LogP contribution < -0.4 is 0 Å². The number of halogens is 1. The van der Waals surface area contributed by atoms with Crippen LogP contribution in [0.5, 0.6) is 0 Å². The SMILES string of the molecule is N#CCc1cc(C#N)c2ncc(Cl)cc2c1. The van der Waals surface area contributed by atoms with E-state index in [1.165, 1.54) is 6.20 Å².